The summed E-state index contributed by atoms with van der Waals surface area (Å²) in [5.74, 6) is -0.233. The molecule has 0 amide bonds. The van der Waals surface area contributed by atoms with Crippen molar-refractivity contribution in [1.29, 1.82) is 0 Å². The van der Waals surface area contributed by atoms with E-state index < -0.39 is 0 Å². The fourth-order valence-corrected chi connectivity index (χ4v) is 0.462. The summed E-state index contributed by atoms with van der Waals surface area (Å²) in [6, 6.07) is 0. The lowest BCUT2D eigenvalue weighted by molar-refractivity contribution is -0.138. The second-order valence-electron chi connectivity index (χ2n) is 1.92. The molecule has 2 nitrogen and oxygen atoms in total. The molecule has 0 spiro atoms. The molecule has 0 aromatic heterocycles. The van der Waals surface area contributed by atoms with E-state index in [1.807, 2.05) is 6.92 Å². The van der Waals surface area contributed by atoms with Gasteiger partial charge in [0.2, 0.25) is 0 Å². The Kier molecular flexibility index (Phi) is 4.04. The number of hydrogen-bond donors (Lipinski definition) is 0. The van der Waals surface area contributed by atoms with Gasteiger partial charge in [-0.1, -0.05) is 13.5 Å². The van der Waals surface area contributed by atoms with Crippen molar-refractivity contribution in [3.05, 3.63) is 11.8 Å². The minimum absolute atomic E-state index is 0.233. The molecular weight excluding hydrogens is 132 g/mol. The Balaban J connectivity index is 3.39. The molecule has 0 saturated carbocycles. The Bertz CT molecular complexity index is 120. The fraction of sp³-hybridized carbons (Fsp3) is 0.500. The highest BCUT2D eigenvalue weighted by molar-refractivity contribution is 6.34. The Hall–Kier alpha value is -0.573. The Morgan fingerprint density at radius 1 is 1.78 bits per heavy atom. The van der Waals surface area contributed by atoms with Crippen molar-refractivity contribution < 1.29 is 9.53 Å². The third-order valence-electron chi connectivity index (χ3n) is 0.786. The van der Waals surface area contributed by atoms with Crippen LogP contribution < -0.4 is 0 Å². The molecule has 0 bridgehead atoms. The zero-order valence-corrected chi connectivity index (χ0v) is 7.94. The van der Waals surface area contributed by atoms with Crippen LogP contribution in [-0.2, 0) is 9.53 Å². The zero-order chi connectivity index (χ0) is 7.28. The minimum Gasteiger partial charge on any atom is -0.463 e. The molecule has 0 rings (SSSR count). The lowest BCUT2D eigenvalue weighted by Gasteiger charge is -1.99. The van der Waals surface area contributed by atoms with E-state index in [4.69, 9.17) is 4.74 Å². The molecule has 0 atom stereocenters. The van der Waals surface area contributed by atoms with Crippen molar-refractivity contribution in [2.75, 3.05) is 6.61 Å². The Labute approximate surface area is 58.3 Å². The Morgan fingerprint density at radius 2 is 2.33 bits per heavy atom. The van der Waals surface area contributed by atoms with Gasteiger partial charge in [-0.15, -0.1) is 0 Å². The molecule has 0 aliphatic rings. The van der Waals surface area contributed by atoms with Gasteiger partial charge in [0, 0.05) is 15.4 Å². The van der Waals surface area contributed by atoms with Crippen LogP contribution in [0, 0.1) is 0 Å². The number of ether oxygens (including phenoxy) is 1. The van der Waals surface area contributed by atoms with Gasteiger partial charge in [-0.3, -0.25) is 0 Å². The van der Waals surface area contributed by atoms with Gasteiger partial charge in [-0.05, 0) is 6.42 Å². The molecule has 0 saturated heterocycles. The van der Waals surface area contributed by atoms with E-state index in [-0.39, 0.29) is 5.97 Å². The second kappa shape index (κ2) is 4.32. The first-order valence-electron chi connectivity index (χ1n) is 3.01. The summed E-state index contributed by atoms with van der Waals surface area (Å²) in [5.41, 5.74) is 0. The van der Waals surface area contributed by atoms with E-state index in [1.54, 1.807) is 0 Å². The first-order chi connectivity index (χ1) is 4.18. The van der Waals surface area contributed by atoms with Gasteiger partial charge >= 0.3 is 5.97 Å². The SMILES string of the molecule is C=C([SiH3])C(=O)OCCC. The molecule has 9 heavy (non-hydrogen) atoms. The summed E-state index contributed by atoms with van der Waals surface area (Å²) in [6.07, 6.45) is 0.876. The molecule has 0 aromatic carbocycles. The molecule has 0 radical (unpaired) electrons. The molecule has 0 unspecified atom stereocenters. The van der Waals surface area contributed by atoms with Crippen LogP contribution in [0.1, 0.15) is 13.3 Å². The number of esters is 1. The maximum absolute atomic E-state index is 10.6. The normalized spacial score (nSPS) is 9.00. The standard InChI is InChI=1S/C6H12O2Si/c1-3-4-8-6(7)5(2)9/h2-4H2,1,9H3. The third kappa shape index (κ3) is 3.97. The van der Waals surface area contributed by atoms with Crippen LogP contribution in [0.5, 0.6) is 0 Å². The van der Waals surface area contributed by atoms with Gasteiger partial charge < -0.3 is 4.74 Å². The molecule has 0 heterocycles. The van der Waals surface area contributed by atoms with Crippen molar-refractivity contribution in [2.45, 2.75) is 13.3 Å². The van der Waals surface area contributed by atoms with E-state index in [9.17, 15) is 4.79 Å². The molecule has 3 heteroatoms. The van der Waals surface area contributed by atoms with Crippen molar-refractivity contribution in [3.63, 3.8) is 0 Å². The summed E-state index contributed by atoms with van der Waals surface area (Å²) in [7, 11) is 0.701. The second-order valence-corrected chi connectivity index (χ2v) is 3.12. The molecular formula is C6H12O2Si. The Morgan fingerprint density at radius 3 is 2.67 bits per heavy atom. The third-order valence-corrected chi connectivity index (χ3v) is 1.19. The van der Waals surface area contributed by atoms with Gasteiger partial charge in [0.1, 0.15) is 0 Å². The van der Waals surface area contributed by atoms with Crippen LogP contribution in [0.15, 0.2) is 11.8 Å². The quantitative estimate of drug-likeness (QED) is 0.312. The van der Waals surface area contributed by atoms with Crippen molar-refractivity contribution in [3.8, 4) is 0 Å². The molecule has 52 valence electrons. The average molecular weight is 144 g/mol. The van der Waals surface area contributed by atoms with Crippen molar-refractivity contribution in [2.24, 2.45) is 0 Å². The predicted octanol–water partition coefficient (Wildman–Crippen LogP) is -0.181. The zero-order valence-electron chi connectivity index (χ0n) is 5.94. The van der Waals surface area contributed by atoms with Crippen molar-refractivity contribution >= 4 is 16.2 Å². The lowest BCUT2D eigenvalue weighted by atomic mass is 10.5. The number of carbonyl (C=O) groups excluding carboxylic acids is 1. The van der Waals surface area contributed by atoms with E-state index >= 15 is 0 Å². The van der Waals surface area contributed by atoms with Crippen LogP contribution in [-0.4, -0.2) is 22.8 Å². The van der Waals surface area contributed by atoms with Crippen LogP contribution >= 0.6 is 0 Å². The van der Waals surface area contributed by atoms with E-state index in [0.29, 0.717) is 22.0 Å². The minimum atomic E-state index is -0.233. The van der Waals surface area contributed by atoms with Gasteiger partial charge in [0.25, 0.3) is 0 Å². The topological polar surface area (TPSA) is 26.3 Å². The van der Waals surface area contributed by atoms with Crippen LogP contribution in [0.25, 0.3) is 0 Å². The number of carbonyl (C=O) groups is 1. The molecule has 0 aliphatic carbocycles. The molecule has 0 N–H and O–H groups in total. The monoisotopic (exact) mass is 144 g/mol. The van der Waals surface area contributed by atoms with Crippen molar-refractivity contribution in [1.82, 2.24) is 0 Å². The molecule has 0 aliphatic heterocycles. The van der Waals surface area contributed by atoms with E-state index in [1.165, 1.54) is 0 Å². The lowest BCUT2D eigenvalue weighted by Crippen LogP contribution is -2.07. The summed E-state index contributed by atoms with van der Waals surface area (Å²) < 4.78 is 4.75. The summed E-state index contributed by atoms with van der Waals surface area (Å²) in [6.45, 7) is 5.97. The first-order valence-corrected chi connectivity index (χ1v) is 4.01. The predicted molar refractivity (Wildman–Crippen MR) is 40.3 cm³/mol. The van der Waals surface area contributed by atoms with E-state index in [2.05, 4.69) is 6.58 Å². The fourth-order valence-electron chi connectivity index (χ4n) is 0.318. The van der Waals surface area contributed by atoms with Crippen LogP contribution in [0.4, 0.5) is 0 Å². The first kappa shape index (κ1) is 8.43. The number of rotatable bonds is 3. The van der Waals surface area contributed by atoms with E-state index in [0.717, 1.165) is 6.42 Å². The summed E-state index contributed by atoms with van der Waals surface area (Å²) in [4.78, 5) is 10.6. The van der Waals surface area contributed by atoms with Gasteiger partial charge in [0.15, 0.2) is 0 Å². The smallest absolute Gasteiger partial charge is 0.328 e. The molecule has 0 aromatic rings. The van der Waals surface area contributed by atoms with Gasteiger partial charge in [0.05, 0.1) is 6.61 Å². The van der Waals surface area contributed by atoms with Crippen LogP contribution in [0.2, 0.25) is 0 Å². The van der Waals surface area contributed by atoms with Crippen LogP contribution in [0.3, 0.4) is 0 Å². The van der Waals surface area contributed by atoms with Gasteiger partial charge in [-0.25, -0.2) is 4.79 Å². The summed E-state index contributed by atoms with van der Waals surface area (Å²) >= 11 is 0. The highest BCUT2D eigenvalue weighted by atomic mass is 28.1. The largest absolute Gasteiger partial charge is 0.463 e. The average Bonchev–Trinajstić information content (AvgIpc) is 1.82. The highest BCUT2D eigenvalue weighted by Crippen LogP contribution is 1.88. The highest BCUT2D eigenvalue weighted by Gasteiger charge is 1.99. The summed E-state index contributed by atoms with van der Waals surface area (Å²) in [5, 5.41) is 0.600. The maximum Gasteiger partial charge on any atom is 0.328 e. The van der Waals surface area contributed by atoms with Gasteiger partial charge in [-0.2, -0.15) is 0 Å². The molecule has 0 fully saturated rings. The maximum atomic E-state index is 10.6. The number of hydrogen-bond acceptors (Lipinski definition) is 2.